The van der Waals surface area contributed by atoms with Gasteiger partial charge in [0.1, 0.15) is 11.6 Å². The number of ketones is 1. The Kier molecular flexibility index (Phi) is 5.41. The van der Waals surface area contributed by atoms with Crippen LogP contribution in [-0.2, 0) is 6.54 Å². The van der Waals surface area contributed by atoms with Crippen molar-refractivity contribution in [1.29, 1.82) is 0 Å². The van der Waals surface area contributed by atoms with Gasteiger partial charge in [-0.15, -0.1) is 0 Å². The fraction of sp³-hybridized carbons (Fsp3) is 0.0909. The highest BCUT2D eigenvalue weighted by Gasteiger charge is 2.20. The van der Waals surface area contributed by atoms with Crippen LogP contribution in [-0.4, -0.2) is 23.6 Å². The van der Waals surface area contributed by atoms with E-state index in [4.69, 9.17) is 0 Å². The lowest BCUT2D eigenvalue weighted by molar-refractivity contribution is 0.0780. The molecule has 0 aliphatic heterocycles. The predicted molar refractivity (Wildman–Crippen MR) is 98.5 cm³/mol. The largest absolute Gasteiger partial charge is 0.337 e. The quantitative estimate of drug-likeness (QED) is 0.626. The molecule has 0 unspecified atom stereocenters. The molecule has 3 aromatic carbocycles. The molecule has 3 rings (SSSR count). The van der Waals surface area contributed by atoms with Crippen molar-refractivity contribution in [2.24, 2.45) is 0 Å². The highest BCUT2D eigenvalue weighted by atomic mass is 19.1. The lowest BCUT2D eigenvalue weighted by atomic mass is 9.97. The van der Waals surface area contributed by atoms with Gasteiger partial charge in [0.25, 0.3) is 5.91 Å². The highest BCUT2D eigenvalue weighted by molar-refractivity contribution is 6.15. The SMILES string of the molecule is CN(Cc1cccc(F)c1)C(=O)c1ccccc1C(=O)c1ccc(F)cc1. The Morgan fingerprint density at radius 2 is 1.48 bits per heavy atom. The zero-order valence-corrected chi connectivity index (χ0v) is 14.7. The Labute approximate surface area is 155 Å². The van der Waals surface area contributed by atoms with E-state index in [0.29, 0.717) is 11.1 Å². The van der Waals surface area contributed by atoms with Gasteiger partial charge in [0.2, 0.25) is 0 Å². The molecule has 0 aliphatic rings. The van der Waals surface area contributed by atoms with Gasteiger partial charge in [-0.1, -0.05) is 30.3 Å². The number of halogens is 2. The monoisotopic (exact) mass is 365 g/mol. The lowest BCUT2D eigenvalue weighted by Gasteiger charge is -2.19. The topological polar surface area (TPSA) is 37.4 Å². The van der Waals surface area contributed by atoms with Crippen molar-refractivity contribution in [3.05, 3.63) is 107 Å². The first-order chi connectivity index (χ1) is 13.0. The third-order valence-corrected chi connectivity index (χ3v) is 4.16. The van der Waals surface area contributed by atoms with E-state index in [1.165, 1.54) is 41.3 Å². The number of carbonyl (C=O) groups is 2. The average molecular weight is 365 g/mol. The van der Waals surface area contributed by atoms with Crippen LogP contribution >= 0.6 is 0 Å². The van der Waals surface area contributed by atoms with Crippen molar-refractivity contribution >= 4 is 11.7 Å². The van der Waals surface area contributed by atoms with E-state index < -0.39 is 5.82 Å². The standard InChI is InChI=1S/C22H17F2NO2/c1-25(14-15-5-4-6-18(24)13-15)22(27)20-8-3-2-7-19(20)21(26)16-9-11-17(23)12-10-16/h2-13H,14H2,1H3. The van der Waals surface area contributed by atoms with Gasteiger partial charge in [0, 0.05) is 24.7 Å². The van der Waals surface area contributed by atoms with Gasteiger partial charge in [0.15, 0.2) is 5.78 Å². The summed E-state index contributed by atoms with van der Waals surface area (Å²) in [5.41, 5.74) is 1.42. The van der Waals surface area contributed by atoms with Gasteiger partial charge in [0.05, 0.1) is 5.56 Å². The van der Waals surface area contributed by atoms with Gasteiger partial charge in [-0.3, -0.25) is 9.59 Å². The number of benzene rings is 3. The van der Waals surface area contributed by atoms with Crippen molar-refractivity contribution in [3.63, 3.8) is 0 Å². The Balaban J connectivity index is 1.87. The van der Waals surface area contributed by atoms with E-state index >= 15 is 0 Å². The summed E-state index contributed by atoms with van der Waals surface area (Å²) < 4.78 is 26.5. The number of nitrogens with zero attached hydrogens (tertiary/aromatic N) is 1. The van der Waals surface area contributed by atoms with E-state index in [1.54, 1.807) is 43.4 Å². The maximum absolute atomic E-state index is 13.4. The van der Waals surface area contributed by atoms with Crippen LogP contribution in [0.2, 0.25) is 0 Å². The molecule has 0 fully saturated rings. The van der Waals surface area contributed by atoms with Gasteiger partial charge in [-0.05, 0) is 48.0 Å². The van der Waals surface area contributed by atoms with Crippen LogP contribution in [0.15, 0.2) is 72.8 Å². The van der Waals surface area contributed by atoms with Crippen LogP contribution in [0.4, 0.5) is 8.78 Å². The number of rotatable bonds is 5. The van der Waals surface area contributed by atoms with E-state index in [2.05, 4.69) is 0 Å². The average Bonchev–Trinajstić information content (AvgIpc) is 2.67. The van der Waals surface area contributed by atoms with Crippen LogP contribution in [0.3, 0.4) is 0 Å². The van der Waals surface area contributed by atoms with Gasteiger partial charge < -0.3 is 4.90 Å². The third-order valence-electron chi connectivity index (χ3n) is 4.16. The molecule has 3 aromatic rings. The Bertz CT molecular complexity index is 984. The molecule has 0 aromatic heterocycles. The van der Waals surface area contributed by atoms with Crippen molar-refractivity contribution in [1.82, 2.24) is 4.90 Å². The summed E-state index contributed by atoms with van der Waals surface area (Å²) in [5, 5.41) is 0. The normalized spacial score (nSPS) is 10.5. The molecule has 27 heavy (non-hydrogen) atoms. The Morgan fingerprint density at radius 1 is 0.815 bits per heavy atom. The number of carbonyl (C=O) groups excluding carboxylic acids is 2. The smallest absolute Gasteiger partial charge is 0.254 e. The summed E-state index contributed by atoms with van der Waals surface area (Å²) >= 11 is 0. The summed E-state index contributed by atoms with van der Waals surface area (Å²) in [6.07, 6.45) is 0. The van der Waals surface area contributed by atoms with Crippen LogP contribution in [0.1, 0.15) is 31.8 Å². The summed E-state index contributed by atoms with van der Waals surface area (Å²) in [6.45, 7) is 0.204. The first-order valence-electron chi connectivity index (χ1n) is 8.35. The Hall–Kier alpha value is -3.34. The molecule has 0 saturated heterocycles. The van der Waals surface area contributed by atoms with Crippen LogP contribution in [0.5, 0.6) is 0 Å². The van der Waals surface area contributed by atoms with Crippen LogP contribution < -0.4 is 0 Å². The maximum Gasteiger partial charge on any atom is 0.254 e. The zero-order chi connectivity index (χ0) is 19.4. The molecule has 0 radical (unpaired) electrons. The molecule has 0 aliphatic carbocycles. The fourth-order valence-corrected chi connectivity index (χ4v) is 2.81. The van der Waals surface area contributed by atoms with Crippen LogP contribution in [0, 0.1) is 11.6 Å². The van der Waals surface area contributed by atoms with Gasteiger partial charge in [-0.25, -0.2) is 8.78 Å². The predicted octanol–water partition coefficient (Wildman–Crippen LogP) is 4.47. The molecule has 0 atom stereocenters. The summed E-state index contributed by atoms with van der Waals surface area (Å²) in [5.74, 6) is -1.53. The number of amides is 1. The molecule has 136 valence electrons. The first kappa shape index (κ1) is 18.5. The molecule has 0 N–H and O–H groups in total. The third kappa shape index (κ3) is 4.26. The number of hydrogen-bond acceptors (Lipinski definition) is 2. The van der Waals surface area contributed by atoms with Crippen molar-refractivity contribution in [2.75, 3.05) is 7.05 Å². The summed E-state index contributed by atoms with van der Waals surface area (Å²) in [4.78, 5) is 27.1. The van der Waals surface area contributed by atoms with E-state index in [0.717, 1.165) is 0 Å². The Morgan fingerprint density at radius 3 is 2.15 bits per heavy atom. The molecular weight excluding hydrogens is 348 g/mol. The molecule has 0 spiro atoms. The zero-order valence-electron chi connectivity index (χ0n) is 14.7. The lowest BCUT2D eigenvalue weighted by Crippen LogP contribution is -2.28. The van der Waals surface area contributed by atoms with Gasteiger partial charge >= 0.3 is 0 Å². The minimum atomic E-state index is -0.439. The highest BCUT2D eigenvalue weighted by Crippen LogP contribution is 2.18. The molecule has 5 heteroatoms. The van der Waals surface area contributed by atoms with E-state index in [9.17, 15) is 18.4 Å². The second kappa shape index (κ2) is 7.91. The summed E-state index contributed by atoms with van der Waals surface area (Å²) in [6, 6.07) is 17.6. The minimum absolute atomic E-state index is 0.204. The maximum atomic E-state index is 13.4. The fourth-order valence-electron chi connectivity index (χ4n) is 2.81. The minimum Gasteiger partial charge on any atom is -0.337 e. The molecule has 0 heterocycles. The second-order valence-electron chi connectivity index (χ2n) is 6.17. The van der Waals surface area contributed by atoms with E-state index in [1.807, 2.05) is 0 Å². The van der Waals surface area contributed by atoms with E-state index in [-0.39, 0.29) is 35.2 Å². The van der Waals surface area contributed by atoms with Gasteiger partial charge in [-0.2, -0.15) is 0 Å². The summed E-state index contributed by atoms with van der Waals surface area (Å²) in [7, 11) is 1.59. The van der Waals surface area contributed by atoms with Crippen molar-refractivity contribution in [3.8, 4) is 0 Å². The first-order valence-corrected chi connectivity index (χ1v) is 8.35. The van der Waals surface area contributed by atoms with Crippen LogP contribution in [0.25, 0.3) is 0 Å². The molecule has 0 saturated carbocycles. The molecular formula is C22H17F2NO2. The molecule has 0 bridgehead atoms. The number of hydrogen-bond donors (Lipinski definition) is 0. The molecule has 1 amide bonds. The molecule has 3 nitrogen and oxygen atoms in total. The van der Waals surface area contributed by atoms with Crippen molar-refractivity contribution in [2.45, 2.75) is 6.54 Å². The van der Waals surface area contributed by atoms with Crippen molar-refractivity contribution < 1.29 is 18.4 Å². The second-order valence-corrected chi connectivity index (χ2v) is 6.17.